The summed E-state index contributed by atoms with van der Waals surface area (Å²) in [5, 5.41) is 2.53. The van der Waals surface area contributed by atoms with Gasteiger partial charge in [-0.1, -0.05) is 15.9 Å². The molecule has 0 radical (unpaired) electrons. The van der Waals surface area contributed by atoms with Gasteiger partial charge in [-0.3, -0.25) is 9.59 Å². The van der Waals surface area contributed by atoms with Crippen molar-refractivity contribution < 1.29 is 14.0 Å². The molecule has 0 unspecified atom stereocenters. The van der Waals surface area contributed by atoms with E-state index in [4.69, 9.17) is 0 Å². The van der Waals surface area contributed by atoms with E-state index in [1.165, 1.54) is 11.0 Å². The molecule has 6 heteroatoms. The first kappa shape index (κ1) is 14.0. The predicted molar refractivity (Wildman–Crippen MR) is 71.7 cm³/mol. The van der Waals surface area contributed by atoms with Gasteiger partial charge in [0, 0.05) is 16.6 Å². The van der Waals surface area contributed by atoms with Crippen LogP contribution < -0.4 is 5.32 Å². The van der Waals surface area contributed by atoms with E-state index in [0.717, 1.165) is 4.47 Å². The Bertz CT molecular complexity index is 545. The smallest absolute Gasteiger partial charge is 0.245 e. The van der Waals surface area contributed by atoms with Gasteiger partial charge in [-0.25, -0.2) is 4.39 Å². The molecular formula is C13H14BrFN2O2. The van der Waals surface area contributed by atoms with E-state index in [2.05, 4.69) is 21.2 Å². The maximum absolute atomic E-state index is 13.7. The third kappa shape index (κ3) is 2.63. The quantitative estimate of drug-likeness (QED) is 0.900. The molecule has 0 aliphatic carbocycles. The third-order valence-electron chi connectivity index (χ3n) is 3.27. The minimum atomic E-state index is -0.982. The maximum atomic E-state index is 13.7. The molecule has 0 bridgehead atoms. The summed E-state index contributed by atoms with van der Waals surface area (Å²) in [6.45, 7) is 3.33. The highest BCUT2D eigenvalue weighted by Crippen LogP contribution is 2.24. The summed E-state index contributed by atoms with van der Waals surface area (Å²) >= 11 is 3.27. The Labute approximate surface area is 119 Å². The van der Waals surface area contributed by atoms with E-state index in [9.17, 15) is 14.0 Å². The van der Waals surface area contributed by atoms with E-state index in [0.29, 0.717) is 5.56 Å². The van der Waals surface area contributed by atoms with Crippen molar-refractivity contribution in [2.45, 2.75) is 25.9 Å². The number of amides is 2. The van der Waals surface area contributed by atoms with E-state index >= 15 is 0 Å². The highest BCUT2D eigenvalue weighted by Gasteiger charge is 2.41. The van der Waals surface area contributed by atoms with Crippen molar-refractivity contribution in [2.24, 2.45) is 0 Å². The van der Waals surface area contributed by atoms with Crippen molar-refractivity contribution in [3.8, 4) is 0 Å². The average Bonchev–Trinajstić information content (AvgIpc) is 2.34. The zero-order valence-corrected chi connectivity index (χ0v) is 12.3. The molecule has 0 spiro atoms. The number of nitrogens with one attached hydrogen (secondary N) is 1. The summed E-state index contributed by atoms with van der Waals surface area (Å²) in [6.07, 6.45) is 0. The van der Waals surface area contributed by atoms with Crippen LogP contribution in [0, 0.1) is 5.82 Å². The van der Waals surface area contributed by atoms with E-state index in [1.807, 2.05) is 0 Å². The SMILES string of the molecule is CC1(C)C(=O)NCC(=O)N1Cc1cc(Br)ccc1F. The first-order chi connectivity index (χ1) is 8.82. The van der Waals surface area contributed by atoms with Crippen LogP contribution in [-0.2, 0) is 16.1 Å². The minimum Gasteiger partial charge on any atom is -0.345 e. The number of halogens is 2. The molecule has 2 rings (SSSR count). The van der Waals surface area contributed by atoms with Gasteiger partial charge in [0.25, 0.3) is 0 Å². The standard InChI is InChI=1S/C13H14BrFN2O2/c1-13(2)12(19)16-6-11(18)17(13)7-8-5-9(14)3-4-10(8)15/h3-5H,6-7H2,1-2H3,(H,16,19). The van der Waals surface area contributed by atoms with Crippen molar-refractivity contribution in [3.63, 3.8) is 0 Å². The summed E-state index contributed by atoms with van der Waals surface area (Å²) in [5.74, 6) is -0.843. The van der Waals surface area contributed by atoms with Crippen LogP contribution in [-0.4, -0.2) is 28.8 Å². The fourth-order valence-electron chi connectivity index (χ4n) is 2.02. The van der Waals surface area contributed by atoms with Crippen molar-refractivity contribution >= 4 is 27.7 Å². The van der Waals surface area contributed by atoms with E-state index < -0.39 is 11.4 Å². The Kier molecular flexibility index (Phi) is 3.62. The van der Waals surface area contributed by atoms with Gasteiger partial charge in [-0.2, -0.15) is 0 Å². The highest BCUT2D eigenvalue weighted by molar-refractivity contribution is 9.10. The van der Waals surface area contributed by atoms with Crippen LogP contribution in [0.25, 0.3) is 0 Å². The number of carbonyl (C=O) groups excluding carboxylic acids is 2. The van der Waals surface area contributed by atoms with E-state index in [1.54, 1.807) is 26.0 Å². The molecule has 1 N–H and O–H groups in total. The van der Waals surface area contributed by atoms with Crippen LogP contribution in [0.2, 0.25) is 0 Å². The zero-order chi connectivity index (χ0) is 14.2. The first-order valence-corrected chi connectivity index (χ1v) is 6.64. The number of hydrogen-bond donors (Lipinski definition) is 1. The lowest BCUT2D eigenvalue weighted by molar-refractivity contribution is -0.152. The third-order valence-corrected chi connectivity index (χ3v) is 3.76. The molecule has 0 saturated carbocycles. The summed E-state index contributed by atoms with van der Waals surface area (Å²) in [5.41, 5.74) is -0.602. The molecule has 1 fully saturated rings. The molecular weight excluding hydrogens is 315 g/mol. The zero-order valence-electron chi connectivity index (χ0n) is 10.7. The fraction of sp³-hybridized carbons (Fsp3) is 0.385. The monoisotopic (exact) mass is 328 g/mol. The molecule has 1 aliphatic heterocycles. The summed E-state index contributed by atoms with van der Waals surface area (Å²) in [4.78, 5) is 25.1. The Morgan fingerprint density at radius 3 is 2.79 bits per heavy atom. The normalized spacial score (nSPS) is 18.4. The molecule has 1 aliphatic rings. The average molecular weight is 329 g/mol. The van der Waals surface area contributed by atoms with Crippen LogP contribution >= 0.6 is 15.9 Å². The lowest BCUT2D eigenvalue weighted by Gasteiger charge is -2.41. The van der Waals surface area contributed by atoms with Gasteiger partial charge in [0.2, 0.25) is 11.8 Å². The Morgan fingerprint density at radius 1 is 1.42 bits per heavy atom. The minimum absolute atomic E-state index is 0.0438. The maximum Gasteiger partial charge on any atom is 0.245 e. The van der Waals surface area contributed by atoms with Gasteiger partial charge in [0.05, 0.1) is 6.54 Å². The topological polar surface area (TPSA) is 49.4 Å². The Hall–Kier alpha value is -1.43. The van der Waals surface area contributed by atoms with Crippen LogP contribution in [0.15, 0.2) is 22.7 Å². The number of carbonyl (C=O) groups is 2. The molecule has 2 amide bonds. The summed E-state index contributed by atoms with van der Waals surface area (Å²) < 4.78 is 14.5. The van der Waals surface area contributed by atoms with Gasteiger partial charge < -0.3 is 10.2 Å². The molecule has 1 saturated heterocycles. The molecule has 0 atom stereocenters. The van der Waals surface area contributed by atoms with Gasteiger partial charge in [-0.15, -0.1) is 0 Å². The van der Waals surface area contributed by atoms with Crippen molar-refractivity contribution in [3.05, 3.63) is 34.1 Å². The number of rotatable bonds is 2. The highest BCUT2D eigenvalue weighted by atomic mass is 79.9. The number of hydrogen-bond acceptors (Lipinski definition) is 2. The molecule has 102 valence electrons. The van der Waals surface area contributed by atoms with Gasteiger partial charge in [0.1, 0.15) is 11.4 Å². The number of nitrogens with zero attached hydrogens (tertiary/aromatic N) is 1. The fourth-order valence-corrected chi connectivity index (χ4v) is 2.43. The van der Waals surface area contributed by atoms with Crippen molar-refractivity contribution in [2.75, 3.05) is 6.54 Å². The number of piperazine rings is 1. The second-order valence-corrected chi connectivity index (χ2v) is 5.87. The van der Waals surface area contributed by atoms with Gasteiger partial charge >= 0.3 is 0 Å². The first-order valence-electron chi connectivity index (χ1n) is 5.85. The van der Waals surface area contributed by atoms with Gasteiger partial charge in [0.15, 0.2) is 0 Å². The van der Waals surface area contributed by atoms with Crippen molar-refractivity contribution in [1.82, 2.24) is 10.2 Å². The van der Waals surface area contributed by atoms with Crippen molar-refractivity contribution in [1.29, 1.82) is 0 Å². The molecule has 0 aromatic heterocycles. The van der Waals surface area contributed by atoms with Crippen LogP contribution in [0.3, 0.4) is 0 Å². The summed E-state index contributed by atoms with van der Waals surface area (Å²) in [6, 6.07) is 4.54. The molecule has 1 aromatic carbocycles. The van der Waals surface area contributed by atoms with E-state index in [-0.39, 0.29) is 24.9 Å². The van der Waals surface area contributed by atoms with Crippen LogP contribution in [0.1, 0.15) is 19.4 Å². The number of benzene rings is 1. The second kappa shape index (κ2) is 4.92. The summed E-state index contributed by atoms with van der Waals surface area (Å²) in [7, 11) is 0. The molecule has 4 nitrogen and oxygen atoms in total. The molecule has 19 heavy (non-hydrogen) atoms. The Balaban J connectivity index is 2.32. The molecule has 1 aromatic rings. The largest absolute Gasteiger partial charge is 0.345 e. The second-order valence-electron chi connectivity index (χ2n) is 4.96. The van der Waals surface area contributed by atoms with Gasteiger partial charge in [-0.05, 0) is 32.0 Å². The van der Waals surface area contributed by atoms with Crippen LogP contribution in [0.4, 0.5) is 4.39 Å². The lowest BCUT2D eigenvalue weighted by Crippen LogP contribution is -2.63. The van der Waals surface area contributed by atoms with Crippen LogP contribution in [0.5, 0.6) is 0 Å². The predicted octanol–water partition coefficient (Wildman–Crippen LogP) is 1.83. The molecule has 1 heterocycles. The lowest BCUT2D eigenvalue weighted by atomic mass is 9.97. The Morgan fingerprint density at radius 2 is 2.11 bits per heavy atom.